The van der Waals surface area contributed by atoms with Gasteiger partial charge < -0.3 is 14.4 Å². The van der Waals surface area contributed by atoms with Crippen molar-refractivity contribution in [2.75, 3.05) is 13.1 Å². The summed E-state index contributed by atoms with van der Waals surface area (Å²) in [4.78, 5) is 25.6. The fourth-order valence-electron chi connectivity index (χ4n) is 2.31. The molecule has 1 saturated heterocycles. The lowest BCUT2D eigenvalue weighted by Gasteiger charge is -2.22. The molecule has 0 spiro atoms. The van der Waals surface area contributed by atoms with Gasteiger partial charge in [-0.1, -0.05) is 30.3 Å². The number of nitrogens with zero attached hydrogens (tertiary/aromatic N) is 1. The lowest BCUT2D eigenvalue weighted by Crippen LogP contribution is -2.33. The summed E-state index contributed by atoms with van der Waals surface area (Å²) < 4.78 is 10.6. The van der Waals surface area contributed by atoms with Gasteiger partial charge in [0.1, 0.15) is 12.2 Å². The first-order chi connectivity index (χ1) is 10.3. The molecule has 1 aromatic carbocycles. The summed E-state index contributed by atoms with van der Waals surface area (Å²) in [6.45, 7) is 6.65. The van der Waals surface area contributed by atoms with Crippen molar-refractivity contribution in [2.45, 2.75) is 39.4 Å². The van der Waals surface area contributed by atoms with Crippen molar-refractivity contribution in [3.8, 4) is 0 Å². The molecule has 1 fully saturated rings. The molecule has 1 aliphatic heterocycles. The highest BCUT2D eigenvalue weighted by Crippen LogP contribution is 2.21. The Labute approximate surface area is 131 Å². The highest BCUT2D eigenvalue weighted by molar-refractivity contribution is 5.76. The molecule has 1 heterocycles. The largest absolute Gasteiger partial charge is 0.460 e. The Morgan fingerprint density at radius 3 is 2.55 bits per heavy atom. The average molecular weight is 305 g/mol. The van der Waals surface area contributed by atoms with Gasteiger partial charge in [-0.2, -0.15) is 0 Å². The van der Waals surface area contributed by atoms with E-state index in [1.54, 1.807) is 4.90 Å². The second-order valence-corrected chi connectivity index (χ2v) is 6.51. The predicted octanol–water partition coefficient (Wildman–Crippen LogP) is 2.99. The van der Waals surface area contributed by atoms with Crippen LogP contribution in [0.25, 0.3) is 0 Å². The third kappa shape index (κ3) is 4.76. The van der Waals surface area contributed by atoms with E-state index in [9.17, 15) is 9.59 Å². The standard InChI is InChI=1S/C17H23NO4/c1-17(2,3)22-15(19)14-9-10-18(11-14)16(20)21-12-13-7-5-4-6-8-13/h4-8,14H,9-12H2,1-3H3/t14-/m1/s1. The number of benzene rings is 1. The molecule has 5 heteroatoms. The van der Waals surface area contributed by atoms with Gasteiger partial charge in [-0.25, -0.2) is 4.79 Å². The molecule has 5 nitrogen and oxygen atoms in total. The Balaban J connectivity index is 1.80. The molecule has 0 aromatic heterocycles. The molecule has 1 aliphatic rings. The van der Waals surface area contributed by atoms with Gasteiger partial charge in [-0.05, 0) is 32.8 Å². The number of carbonyl (C=O) groups excluding carboxylic acids is 2. The van der Waals surface area contributed by atoms with Gasteiger partial charge in [-0.3, -0.25) is 4.79 Å². The zero-order valence-electron chi connectivity index (χ0n) is 13.4. The van der Waals surface area contributed by atoms with Gasteiger partial charge in [0.2, 0.25) is 0 Å². The number of carbonyl (C=O) groups is 2. The van der Waals surface area contributed by atoms with Crippen LogP contribution in [0.5, 0.6) is 0 Å². The van der Waals surface area contributed by atoms with Crippen LogP contribution in [-0.2, 0) is 20.9 Å². The third-order valence-electron chi connectivity index (χ3n) is 3.39. The molecule has 1 aromatic rings. The third-order valence-corrected chi connectivity index (χ3v) is 3.39. The van der Waals surface area contributed by atoms with E-state index in [4.69, 9.17) is 9.47 Å². The van der Waals surface area contributed by atoms with Gasteiger partial charge in [0, 0.05) is 13.1 Å². The van der Waals surface area contributed by atoms with Crippen LogP contribution in [0.15, 0.2) is 30.3 Å². The molecule has 22 heavy (non-hydrogen) atoms. The van der Waals surface area contributed by atoms with Crippen molar-refractivity contribution in [1.82, 2.24) is 4.90 Å². The molecular weight excluding hydrogens is 282 g/mol. The average Bonchev–Trinajstić information content (AvgIpc) is 2.94. The van der Waals surface area contributed by atoms with Crippen LogP contribution < -0.4 is 0 Å². The van der Waals surface area contributed by atoms with Gasteiger partial charge in [0.05, 0.1) is 5.92 Å². The zero-order valence-corrected chi connectivity index (χ0v) is 13.4. The van der Waals surface area contributed by atoms with Crippen LogP contribution in [0.2, 0.25) is 0 Å². The summed E-state index contributed by atoms with van der Waals surface area (Å²) in [6, 6.07) is 9.52. The summed E-state index contributed by atoms with van der Waals surface area (Å²) in [5.41, 5.74) is 0.442. The van der Waals surface area contributed by atoms with E-state index in [1.165, 1.54) is 0 Å². The van der Waals surface area contributed by atoms with E-state index in [1.807, 2.05) is 51.1 Å². The highest BCUT2D eigenvalue weighted by Gasteiger charge is 2.34. The second kappa shape index (κ2) is 6.81. The van der Waals surface area contributed by atoms with Crippen molar-refractivity contribution in [3.05, 3.63) is 35.9 Å². The van der Waals surface area contributed by atoms with Gasteiger partial charge in [0.15, 0.2) is 0 Å². The van der Waals surface area contributed by atoms with Gasteiger partial charge >= 0.3 is 12.1 Å². The number of ether oxygens (including phenoxy) is 2. The Kier molecular flexibility index (Phi) is 5.06. The van der Waals surface area contributed by atoms with Crippen molar-refractivity contribution in [1.29, 1.82) is 0 Å². The quantitative estimate of drug-likeness (QED) is 0.806. The molecule has 0 radical (unpaired) electrons. The first-order valence-electron chi connectivity index (χ1n) is 7.53. The van der Waals surface area contributed by atoms with Crippen LogP contribution in [0.3, 0.4) is 0 Å². The molecular formula is C17H23NO4. The topological polar surface area (TPSA) is 55.8 Å². The van der Waals surface area contributed by atoms with E-state index >= 15 is 0 Å². The van der Waals surface area contributed by atoms with Gasteiger partial charge in [-0.15, -0.1) is 0 Å². The van der Waals surface area contributed by atoms with Crippen LogP contribution >= 0.6 is 0 Å². The van der Waals surface area contributed by atoms with Crippen LogP contribution in [0.4, 0.5) is 4.79 Å². The maximum atomic E-state index is 12.0. The van der Waals surface area contributed by atoms with Gasteiger partial charge in [0.25, 0.3) is 0 Å². The lowest BCUT2D eigenvalue weighted by atomic mass is 10.1. The first kappa shape index (κ1) is 16.3. The molecule has 0 bridgehead atoms. The van der Waals surface area contributed by atoms with E-state index in [0.717, 1.165) is 5.56 Å². The summed E-state index contributed by atoms with van der Waals surface area (Å²) in [7, 11) is 0. The number of amides is 1. The van der Waals surface area contributed by atoms with Crippen molar-refractivity contribution < 1.29 is 19.1 Å². The van der Waals surface area contributed by atoms with E-state index in [2.05, 4.69) is 0 Å². The fourth-order valence-corrected chi connectivity index (χ4v) is 2.31. The number of likely N-dealkylation sites (tertiary alicyclic amines) is 1. The maximum absolute atomic E-state index is 12.0. The molecule has 1 atom stereocenters. The minimum absolute atomic E-state index is 0.243. The molecule has 0 unspecified atom stereocenters. The zero-order chi connectivity index (χ0) is 16.2. The van der Waals surface area contributed by atoms with E-state index in [0.29, 0.717) is 19.5 Å². The minimum atomic E-state index is -0.502. The molecule has 0 saturated carbocycles. The summed E-state index contributed by atoms with van der Waals surface area (Å²) in [6.07, 6.45) is 0.241. The van der Waals surface area contributed by atoms with Crippen LogP contribution in [0, 0.1) is 5.92 Å². The predicted molar refractivity (Wildman–Crippen MR) is 82.2 cm³/mol. The van der Waals surface area contributed by atoms with Crippen molar-refractivity contribution >= 4 is 12.1 Å². The summed E-state index contributed by atoms with van der Waals surface area (Å²) in [5, 5.41) is 0. The molecule has 0 N–H and O–H groups in total. The normalized spacial score (nSPS) is 18.1. The maximum Gasteiger partial charge on any atom is 0.410 e. The van der Waals surface area contributed by atoms with Crippen LogP contribution in [-0.4, -0.2) is 35.7 Å². The first-order valence-corrected chi connectivity index (χ1v) is 7.53. The van der Waals surface area contributed by atoms with E-state index in [-0.39, 0.29) is 24.6 Å². The smallest absolute Gasteiger partial charge is 0.410 e. The number of hydrogen-bond acceptors (Lipinski definition) is 4. The fraction of sp³-hybridized carbons (Fsp3) is 0.529. The monoisotopic (exact) mass is 305 g/mol. The van der Waals surface area contributed by atoms with Crippen molar-refractivity contribution in [3.63, 3.8) is 0 Å². The number of hydrogen-bond donors (Lipinski definition) is 0. The lowest BCUT2D eigenvalue weighted by molar-refractivity contribution is -0.159. The Morgan fingerprint density at radius 2 is 1.91 bits per heavy atom. The second-order valence-electron chi connectivity index (χ2n) is 6.51. The van der Waals surface area contributed by atoms with Crippen molar-refractivity contribution in [2.24, 2.45) is 5.92 Å². The molecule has 0 aliphatic carbocycles. The molecule has 2 rings (SSSR count). The molecule has 1 amide bonds. The minimum Gasteiger partial charge on any atom is -0.460 e. The highest BCUT2D eigenvalue weighted by atomic mass is 16.6. The summed E-state index contributed by atoms with van der Waals surface area (Å²) >= 11 is 0. The Morgan fingerprint density at radius 1 is 1.23 bits per heavy atom. The number of rotatable bonds is 3. The molecule has 120 valence electrons. The number of esters is 1. The Hall–Kier alpha value is -2.04. The van der Waals surface area contributed by atoms with Crippen LogP contribution in [0.1, 0.15) is 32.8 Å². The Bertz CT molecular complexity index is 521. The van der Waals surface area contributed by atoms with E-state index < -0.39 is 5.60 Å². The summed E-state index contributed by atoms with van der Waals surface area (Å²) in [5.74, 6) is -0.505. The SMILES string of the molecule is CC(C)(C)OC(=O)[C@@H]1CCN(C(=O)OCc2ccccc2)C1.